The highest BCUT2D eigenvalue weighted by Gasteiger charge is 2.44. The Bertz CT molecular complexity index is 1000. The first-order chi connectivity index (χ1) is 17.5. The number of ether oxygens (including phenoxy) is 2. The molecule has 1 amide bonds. The average Bonchev–Trinajstić information content (AvgIpc) is 2.84. The first kappa shape index (κ1) is 27.5. The minimum atomic E-state index is -4.40. The molecule has 4 rings (SSSR count). The number of alkyl halides is 3. The molecule has 0 saturated carbocycles. The van der Waals surface area contributed by atoms with Crippen molar-refractivity contribution < 1.29 is 27.4 Å². The van der Waals surface area contributed by atoms with Crippen molar-refractivity contribution in [3.8, 4) is 0 Å². The zero-order valence-corrected chi connectivity index (χ0v) is 21.7. The van der Waals surface area contributed by atoms with Gasteiger partial charge >= 0.3 is 12.3 Å². The van der Waals surface area contributed by atoms with Gasteiger partial charge in [-0.05, 0) is 71.2 Å². The van der Waals surface area contributed by atoms with Gasteiger partial charge in [-0.25, -0.2) is 4.79 Å². The molecular formula is C28H38F3N3O3. The number of halogens is 3. The van der Waals surface area contributed by atoms with Gasteiger partial charge in [0.25, 0.3) is 0 Å². The summed E-state index contributed by atoms with van der Waals surface area (Å²) in [5, 5.41) is 9.67. The molecule has 0 radical (unpaired) electrons. The highest BCUT2D eigenvalue weighted by Crippen LogP contribution is 2.49. The first-order valence-corrected chi connectivity index (χ1v) is 13.2. The molecular weight excluding hydrogens is 483 g/mol. The van der Waals surface area contributed by atoms with Crippen molar-refractivity contribution in [2.75, 3.05) is 25.0 Å². The van der Waals surface area contributed by atoms with Crippen molar-refractivity contribution in [1.29, 1.82) is 0 Å². The number of hydrogen-bond acceptors (Lipinski definition) is 5. The third kappa shape index (κ3) is 7.29. The Kier molecular flexibility index (Phi) is 8.53. The van der Waals surface area contributed by atoms with Crippen LogP contribution >= 0.6 is 0 Å². The highest BCUT2D eigenvalue weighted by molar-refractivity contribution is 5.67. The van der Waals surface area contributed by atoms with Gasteiger partial charge < -0.3 is 25.4 Å². The lowest BCUT2D eigenvalue weighted by molar-refractivity contribution is -0.138. The van der Waals surface area contributed by atoms with E-state index in [0.29, 0.717) is 25.2 Å². The van der Waals surface area contributed by atoms with Crippen LogP contribution in [0.15, 0.2) is 42.5 Å². The number of carbonyl (C=O) groups is 1. The van der Waals surface area contributed by atoms with E-state index in [1.807, 2.05) is 32.9 Å². The lowest BCUT2D eigenvalue weighted by Gasteiger charge is -2.47. The van der Waals surface area contributed by atoms with E-state index in [-0.39, 0.29) is 24.0 Å². The monoisotopic (exact) mass is 521 g/mol. The van der Waals surface area contributed by atoms with Gasteiger partial charge in [0.1, 0.15) is 5.60 Å². The number of anilines is 1. The largest absolute Gasteiger partial charge is 0.444 e. The van der Waals surface area contributed by atoms with Gasteiger partial charge in [0.05, 0.1) is 17.8 Å². The van der Waals surface area contributed by atoms with E-state index in [0.717, 1.165) is 37.4 Å². The SMILES string of the molecule is CC(C)(C)OC(=O)NCCCNC[C@H]1CC[C@@H]2[C@H](O1)c1cc(C(F)(F)F)ccc1N[C@H]2C1C=CC=CC1. The summed E-state index contributed by atoms with van der Waals surface area (Å²) in [5.41, 5.74) is 0.143. The van der Waals surface area contributed by atoms with E-state index < -0.39 is 29.5 Å². The standard InChI is InChI=1S/C28H38F3N3O3/c1-27(2,3)37-26(35)33-15-7-14-32-17-20-11-12-21-24(18-8-5-4-6-9-18)34-23-13-10-19(28(29,30)31)16-22(23)25(21)36-20/h4-6,8,10,13,16,18,20-21,24-25,32,34H,7,9,11-12,14-15,17H2,1-3H3,(H,33,35)/t18?,20-,21+,24+,25+/m1/s1. The van der Waals surface area contributed by atoms with Gasteiger partial charge in [0.15, 0.2) is 0 Å². The number of benzene rings is 1. The molecule has 37 heavy (non-hydrogen) atoms. The van der Waals surface area contributed by atoms with E-state index in [2.05, 4.69) is 28.1 Å². The Morgan fingerprint density at radius 2 is 1.97 bits per heavy atom. The molecule has 5 atom stereocenters. The van der Waals surface area contributed by atoms with Crippen LogP contribution in [0.1, 0.15) is 63.7 Å². The predicted octanol–water partition coefficient (Wildman–Crippen LogP) is 5.97. The minimum absolute atomic E-state index is 0.0893. The second kappa shape index (κ2) is 11.5. The van der Waals surface area contributed by atoms with Gasteiger partial charge in [-0.2, -0.15) is 13.2 Å². The van der Waals surface area contributed by atoms with Crippen molar-refractivity contribution in [1.82, 2.24) is 10.6 Å². The molecule has 0 aromatic heterocycles. The Balaban J connectivity index is 1.36. The van der Waals surface area contributed by atoms with Crippen LogP contribution in [-0.2, 0) is 15.7 Å². The number of carbonyl (C=O) groups excluding carboxylic acids is 1. The fourth-order valence-electron chi connectivity index (χ4n) is 5.39. The lowest BCUT2D eigenvalue weighted by atomic mass is 9.73. The number of hydrogen-bond donors (Lipinski definition) is 3. The maximum atomic E-state index is 13.5. The highest BCUT2D eigenvalue weighted by atomic mass is 19.4. The topological polar surface area (TPSA) is 71.6 Å². The molecule has 1 aromatic rings. The summed E-state index contributed by atoms with van der Waals surface area (Å²) < 4.78 is 52.2. The maximum Gasteiger partial charge on any atom is 0.416 e. The summed E-state index contributed by atoms with van der Waals surface area (Å²) in [4.78, 5) is 11.7. The van der Waals surface area contributed by atoms with Crippen LogP contribution < -0.4 is 16.0 Å². The molecule has 0 spiro atoms. The Labute approximate surface area is 217 Å². The summed E-state index contributed by atoms with van der Waals surface area (Å²) in [5.74, 6) is 0.357. The van der Waals surface area contributed by atoms with Gasteiger partial charge in [-0.1, -0.05) is 24.3 Å². The second-order valence-corrected chi connectivity index (χ2v) is 11.1. The van der Waals surface area contributed by atoms with Gasteiger partial charge in [-0.3, -0.25) is 0 Å². The molecule has 2 aliphatic heterocycles. The van der Waals surface area contributed by atoms with Crippen molar-refractivity contribution >= 4 is 11.8 Å². The molecule has 1 fully saturated rings. The molecule has 9 heteroatoms. The zero-order valence-electron chi connectivity index (χ0n) is 21.7. The third-order valence-corrected chi connectivity index (χ3v) is 7.06. The number of rotatable bonds is 7. The van der Waals surface area contributed by atoms with E-state index in [1.54, 1.807) is 6.07 Å². The molecule has 1 saturated heterocycles. The fourth-order valence-corrected chi connectivity index (χ4v) is 5.39. The smallest absolute Gasteiger partial charge is 0.416 e. The first-order valence-electron chi connectivity index (χ1n) is 13.2. The number of allylic oxidation sites excluding steroid dienone is 3. The summed E-state index contributed by atoms with van der Waals surface area (Å²) in [6, 6.07) is 4.05. The number of alkyl carbamates (subject to hydrolysis) is 1. The summed E-state index contributed by atoms with van der Waals surface area (Å²) >= 11 is 0. The predicted molar refractivity (Wildman–Crippen MR) is 137 cm³/mol. The van der Waals surface area contributed by atoms with Gasteiger partial charge in [-0.15, -0.1) is 0 Å². The number of nitrogens with one attached hydrogen (secondary N) is 3. The van der Waals surface area contributed by atoms with Crippen molar-refractivity contribution in [3.05, 3.63) is 53.6 Å². The van der Waals surface area contributed by atoms with E-state index >= 15 is 0 Å². The quantitative estimate of drug-likeness (QED) is 0.386. The molecule has 0 bridgehead atoms. The second-order valence-electron chi connectivity index (χ2n) is 11.1. The van der Waals surface area contributed by atoms with Crippen LogP contribution in [0.4, 0.5) is 23.7 Å². The summed E-state index contributed by atoms with van der Waals surface area (Å²) in [6.07, 6.45) is 6.40. The number of fused-ring (bicyclic) bond motifs is 3. The van der Waals surface area contributed by atoms with E-state index in [1.165, 1.54) is 6.07 Å². The van der Waals surface area contributed by atoms with E-state index in [4.69, 9.17) is 9.47 Å². The molecule has 3 N–H and O–H groups in total. The van der Waals surface area contributed by atoms with Crippen LogP contribution in [0.3, 0.4) is 0 Å². The fraction of sp³-hybridized carbons (Fsp3) is 0.607. The van der Waals surface area contributed by atoms with Crippen molar-refractivity contribution in [2.24, 2.45) is 11.8 Å². The zero-order chi connectivity index (χ0) is 26.6. The van der Waals surface area contributed by atoms with Crippen LogP contribution in [0.2, 0.25) is 0 Å². The summed E-state index contributed by atoms with van der Waals surface area (Å²) in [7, 11) is 0. The van der Waals surface area contributed by atoms with Crippen LogP contribution in [0, 0.1) is 11.8 Å². The lowest BCUT2D eigenvalue weighted by Crippen LogP contribution is -2.48. The summed E-state index contributed by atoms with van der Waals surface area (Å²) in [6.45, 7) is 7.23. The molecule has 1 unspecified atom stereocenters. The van der Waals surface area contributed by atoms with Gasteiger partial charge in [0, 0.05) is 42.2 Å². The molecule has 1 aromatic carbocycles. The molecule has 2 heterocycles. The minimum Gasteiger partial charge on any atom is -0.444 e. The van der Waals surface area contributed by atoms with Crippen molar-refractivity contribution in [3.63, 3.8) is 0 Å². The van der Waals surface area contributed by atoms with Gasteiger partial charge in [0.2, 0.25) is 0 Å². The van der Waals surface area contributed by atoms with Crippen LogP contribution in [0.25, 0.3) is 0 Å². The van der Waals surface area contributed by atoms with Crippen molar-refractivity contribution in [2.45, 2.75) is 76.5 Å². The van der Waals surface area contributed by atoms with Crippen LogP contribution in [-0.4, -0.2) is 43.5 Å². The molecule has 6 nitrogen and oxygen atoms in total. The number of amides is 1. The Morgan fingerprint density at radius 1 is 1.16 bits per heavy atom. The molecule has 3 aliphatic rings. The maximum absolute atomic E-state index is 13.5. The normalized spacial score (nSPS) is 27.1. The Morgan fingerprint density at radius 3 is 2.68 bits per heavy atom. The average molecular weight is 522 g/mol. The Hall–Kier alpha value is -2.52. The third-order valence-electron chi connectivity index (χ3n) is 7.06. The van der Waals surface area contributed by atoms with Crippen LogP contribution in [0.5, 0.6) is 0 Å². The molecule has 204 valence electrons. The molecule has 1 aliphatic carbocycles. The van der Waals surface area contributed by atoms with E-state index in [9.17, 15) is 18.0 Å².